The van der Waals surface area contributed by atoms with Crippen LogP contribution in [-0.4, -0.2) is 0 Å². The van der Waals surface area contributed by atoms with Gasteiger partial charge in [-0.05, 0) is 18.2 Å². The molecule has 0 aliphatic carbocycles. The van der Waals surface area contributed by atoms with Crippen LogP contribution in [0.15, 0.2) is 18.2 Å². The SMILES string of the molecule is Fc1ccc2sc(CBr)cc2c1F. The molecule has 13 heavy (non-hydrogen) atoms. The molecule has 2 aromatic rings. The van der Waals surface area contributed by atoms with Crippen LogP contribution in [0.2, 0.25) is 0 Å². The summed E-state index contributed by atoms with van der Waals surface area (Å²) in [6.07, 6.45) is 0. The highest BCUT2D eigenvalue weighted by atomic mass is 79.9. The van der Waals surface area contributed by atoms with Gasteiger partial charge in [0, 0.05) is 20.3 Å². The fourth-order valence-electron chi connectivity index (χ4n) is 1.17. The van der Waals surface area contributed by atoms with E-state index in [1.54, 1.807) is 12.1 Å². The molecule has 0 unspecified atom stereocenters. The van der Waals surface area contributed by atoms with Gasteiger partial charge in [0.1, 0.15) is 0 Å². The van der Waals surface area contributed by atoms with Gasteiger partial charge in [0.05, 0.1) is 0 Å². The Balaban J connectivity index is 2.76. The van der Waals surface area contributed by atoms with Gasteiger partial charge in [-0.25, -0.2) is 8.78 Å². The summed E-state index contributed by atoms with van der Waals surface area (Å²) in [6, 6.07) is 4.43. The molecule has 1 heterocycles. The number of halogens is 3. The first kappa shape index (κ1) is 9.09. The van der Waals surface area contributed by atoms with Gasteiger partial charge < -0.3 is 0 Å². The van der Waals surface area contributed by atoms with Crippen LogP contribution in [0.5, 0.6) is 0 Å². The van der Waals surface area contributed by atoms with Crippen molar-refractivity contribution in [2.24, 2.45) is 0 Å². The van der Waals surface area contributed by atoms with Crippen LogP contribution in [0.25, 0.3) is 10.1 Å². The first-order chi connectivity index (χ1) is 6.22. The largest absolute Gasteiger partial charge is 0.204 e. The predicted octanol–water partition coefficient (Wildman–Crippen LogP) is 4.07. The second kappa shape index (κ2) is 3.35. The van der Waals surface area contributed by atoms with E-state index >= 15 is 0 Å². The maximum Gasteiger partial charge on any atom is 0.167 e. The molecule has 1 aromatic carbocycles. The lowest BCUT2D eigenvalue weighted by Crippen LogP contribution is -1.81. The minimum Gasteiger partial charge on any atom is -0.204 e. The normalized spacial score (nSPS) is 11.0. The van der Waals surface area contributed by atoms with Gasteiger partial charge >= 0.3 is 0 Å². The summed E-state index contributed by atoms with van der Waals surface area (Å²) in [5.74, 6) is -1.53. The molecule has 0 nitrogen and oxygen atoms in total. The number of benzene rings is 1. The van der Waals surface area contributed by atoms with Crippen molar-refractivity contribution >= 4 is 37.4 Å². The van der Waals surface area contributed by atoms with Crippen LogP contribution < -0.4 is 0 Å². The van der Waals surface area contributed by atoms with Crippen LogP contribution in [-0.2, 0) is 5.33 Å². The Kier molecular flexibility index (Phi) is 2.34. The Morgan fingerprint density at radius 2 is 2.08 bits per heavy atom. The third-order valence-corrected chi connectivity index (χ3v) is 3.85. The molecule has 0 atom stereocenters. The molecule has 0 aliphatic heterocycles. The first-order valence-corrected chi connectivity index (χ1v) is 5.58. The topological polar surface area (TPSA) is 0 Å². The third kappa shape index (κ3) is 1.48. The van der Waals surface area contributed by atoms with Gasteiger partial charge in [-0.3, -0.25) is 0 Å². The minimum atomic E-state index is -0.786. The van der Waals surface area contributed by atoms with E-state index < -0.39 is 11.6 Å². The van der Waals surface area contributed by atoms with Gasteiger partial charge in [0.25, 0.3) is 0 Å². The van der Waals surface area contributed by atoms with E-state index in [1.807, 2.05) is 0 Å². The zero-order chi connectivity index (χ0) is 9.42. The molecular formula is C9H5BrF2S. The summed E-state index contributed by atoms with van der Waals surface area (Å²) < 4.78 is 26.7. The maximum absolute atomic E-state index is 13.2. The highest BCUT2D eigenvalue weighted by molar-refractivity contribution is 9.08. The van der Waals surface area contributed by atoms with Gasteiger partial charge in [-0.2, -0.15) is 0 Å². The van der Waals surface area contributed by atoms with E-state index in [1.165, 1.54) is 11.3 Å². The Bertz CT molecular complexity index is 450. The molecule has 2 rings (SSSR count). The number of fused-ring (bicyclic) bond motifs is 1. The fraction of sp³-hybridized carbons (Fsp3) is 0.111. The van der Waals surface area contributed by atoms with Crippen LogP contribution in [0, 0.1) is 11.6 Å². The predicted molar refractivity (Wildman–Crippen MR) is 54.4 cm³/mol. The number of alkyl halides is 1. The van der Waals surface area contributed by atoms with Crippen molar-refractivity contribution in [1.82, 2.24) is 0 Å². The number of thiophene rings is 1. The Labute approximate surface area is 86.3 Å². The van der Waals surface area contributed by atoms with E-state index in [0.29, 0.717) is 10.7 Å². The van der Waals surface area contributed by atoms with Crippen molar-refractivity contribution in [2.45, 2.75) is 5.33 Å². The average molecular weight is 263 g/mol. The fourth-order valence-corrected chi connectivity index (χ4v) is 2.58. The van der Waals surface area contributed by atoms with Crippen molar-refractivity contribution in [3.8, 4) is 0 Å². The molecule has 0 spiro atoms. The Morgan fingerprint density at radius 1 is 1.31 bits per heavy atom. The van der Waals surface area contributed by atoms with Crippen LogP contribution in [0.4, 0.5) is 8.78 Å². The number of rotatable bonds is 1. The molecule has 0 saturated heterocycles. The van der Waals surface area contributed by atoms with Crippen LogP contribution in [0.1, 0.15) is 4.88 Å². The number of hydrogen-bond donors (Lipinski definition) is 0. The summed E-state index contributed by atoms with van der Waals surface area (Å²) in [5.41, 5.74) is 0. The van der Waals surface area contributed by atoms with Crippen molar-refractivity contribution in [2.75, 3.05) is 0 Å². The molecule has 0 fully saturated rings. The van der Waals surface area contributed by atoms with Crippen molar-refractivity contribution in [3.63, 3.8) is 0 Å². The highest BCUT2D eigenvalue weighted by Gasteiger charge is 2.09. The smallest absolute Gasteiger partial charge is 0.167 e. The molecule has 0 amide bonds. The Hall–Kier alpha value is -0.480. The number of hydrogen-bond acceptors (Lipinski definition) is 1. The van der Waals surface area contributed by atoms with Crippen molar-refractivity contribution < 1.29 is 8.78 Å². The zero-order valence-corrected chi connectivity index (χ0v) is 8.88. The Morgan fingerprint density at radius 3 is 2.77 bits per heavy atom. The van der Waals surface area contributed by atoms with Crippen molar-refractivity contribution in [1.29, 1.82) is 0 Å². The quantitative estimate of drug-likeness (QED) is 0.680. The second-order valence-corrected chi connectivity index (χ2v) is 4.35. The molecule has 0 aliphatic rings. The van der Waals surface area contributed by atoms with E-state index in [2.05, 4.69) is 15.9 Å². The van der Waals surface area contributed by atoms with Crippen LogP contribution >= 0.6 is 27.3 Å². The van der Waals surface area contributed by atoms with Gasteiger partial charge in [0.15, 0.2) is 11.6 Å². The van der Waals surface area contributed by atoms with Gasteiger partial charge in [-0.1, -0.05) is 15.9 Å². The lowest BCUT2D eigenvalue weighted by atomic mass is 10.2. The summed E-state index contributed by atoms with van der Waals surface area (Å²) in [4.78, 5) is 1.000. The lowest BCUT2D eigenvalue weighted by molar-refractivity contribution is 0.517. The van der Waals surface area contributed by atoms with Crippen LogP contribution in [0.3, 0.4) is 0 Å². The summed E-state index contributed by atoms with van der Waals surface area (Å²) in [6.45, 7) is 0. The minimum absolute atomic E-state index is 0.374. The molecule has 4 heteroatoms. The molecule has 0 saturated carbocycles. The van der Waals surface area contributed by atoms with Gasteiger partial charge in [0.2, 0.25) is 0 Å². The third-order valence-electron chi connectivity index (χ3n) is 1.77. The van der Waals surface area contributed by atoms with Gasteiger partial charge in [-0.15, -0.1) is 11.3 Å². The summed E-state index contributed by atoms with van der Waals surface area (Å²) >= 11 is 4.74. The average Bonchev–Trinajstić information content (AvgIpc) is 2.55. The standard InChI is InChI=1S/C9H5BrF2S/c10-4-5-3-6-8(13-5)2-1-7(11)9(6)12/h1-3H,4H2. The van der Waals surface area contributed by atoms with E-state index in [9.17, 15) is 8.78 Å². The van der Waals surface area contributed by atoms with E-state index in [4.69, 9.17) is 0 Å². The van der Waals surface area contributed by atoms with E-state index in [-0.39, 0.29) is 0 Å². The summed E-state index contributed by atoms with van der Waals surface area (Å²) in [5, 5.41) is 1.05. The monoisotopic (exact) mass is 262 g/mol. The molecule has 68 valence electrons. The maximum atomic E-state index is 13.2. The molecule has 0 bridgehead atoms. The molecule has 0 radical (unpaired) electrons. The first-order valence-electron chi connectivity index (χ1n) is 3.65. The lowest BCUT2D eigenvalue weighted by Gasteiger charge is -1.92. The molecular weight excluding hydrogens is 258 g/mol. The van der Waals surface area contributed by atoms with Crippen molar-refractivity contribution in [3.05, 3.63) is 34.7 Å². The molecule has 1 aromatic heterocycles. The zero-order valence-electron chi connectivity index (χ0n) is 6.48. The second-order valence-electron chi connectivity index (χ2n) is 2.62. The summed E-state index contributed by atoms with van der Waals surface area (Å²) in [7, 11) is 0. The van der Waals surface area contributed by atoms with E-state index in [0.717, 1.165) is 15.6 Å². The molecule has 0 N–H and O–H groups in total. The highest BCUT2D eigenvalue weighted by Crippen LogP contribution is 2.29.